The minimum atomic E-state index is -0.131. The molecule has 0 unspecified atom stereocenters. The number of benzene rings is 2. The quantitative estimate of drug-likeness (QED) is 0.377. The van der Waals surface area contributed by atoms with Crippen molar-refractivity contribution >= 4 is 17.2 Å². The Bertz CT molecular complexity index is 1290. The minimum Gasteiger partial charge on any atom is -0.495 e. The molecule has 0 bridgehead atoms. The number of aromatic nitrogens is 3. The summed E-state index contributed by atoms with van der Waals surface area (Å²) in [6, 6.07) is 15.0. The van der Waals surface area contributed by atoms with Crippen molar-refractivity contribution in [2.24, 2.45) is 0 Å². The lowest BCUT2D eigenvalue weighted by molar-refractivity contribution is 0.0953. The first-order valence-electron chi connectivity index (χ1n) is 10.8. The van der Waals surface area contributed by atoms with Crippen LogP contribution in [0, 0.1) is 6.92 Å². The molecular formula is C25H26N4O3S. The number of nitrogens with one attached hydrogen (secondary N) is 1. The largest absolute Gasteiger partial charge is 0.495 e. The highest BCUT2D eigenvalue weighted by atomic mass is 32.1. The Kier molecular flexibility index (Phi) is 7.04. The molecule has 8 heteroatoms. The molecule has 0 saturated heterocycles. The van der Waals surface area contributed by atoms with E-state index >= 15 is 0 Å². The number of carbonyl (C=O) groups is 1. The van der Waals surface area contributed by atoms with Crippen molar-refractivity contribution in [3.63, 3.8) is 0 Å². The molecule has 33 heavy (non-hydrogen) atoms. The molecule has 2 aromatic heterocycles. The van der Waals surface area contributed by atoms with Crippen LogP contribution in [-0.2, 0) is 6.54 Å². The molecule has 1 amide bonds. The first-order valence-corrected chi connectivity index (χ1v) is 11.7. The van der Waals surface area contributed by atoms with Crippen molar-refractivity contribution in [1.82, 2.24) is 19.7 Å². The van der Waals surface area contributed by atoms with Crippen LogP contribution in [0.15, 0.2) is 71.1 Å². The number of nitrogens with zero attached hydrogens (tertiary/aromatic N) is 3. The van der Waals surface area contributed by atoms with Crippen LogP contribution in [0.2, 0.25) is 0 Å². The lowest BCUT2D eigenvalue weighted by Crippen LogP contribution is -2.24. The molecule has 0 saturated carbocycles. The highest BCUT2D eigenvalue weighted by Gasteiger charge is 2.16. The normalized spacial score (nSPS) is 10.8. The van der Waals surface area contributed by atoms with Gasteiger partial charge < -0.3 is 10.1 Å². The van der Waals surface area contributed by atoms with Gasteiger partial charge in [0, 0.05) is 42.0 Å². The number of unbranched alkanes of at least 4 members (excludes halogenated alkanes) is 1. The summed E-state index contributed by atoms with van der Waals surface area (Å²) in [5.74, 6) is 0.486. The van der Waals surface area contributed by atoms with E-state index in [1.54, 1.807) is 23.9 Å². The third-order valence-corrected chi connectivity index (χ3v) is 6.07. The second-order valence-corrected chi connectivity index (χ2v) is 8.53. The van der Waals surface area contributed by atoms with Gasteiger partial charge in [0.15, 0.2) is 0 Å². The monoisotopic (exact) mass is 462 g/mol. The van der Waals surface area contributed by atoms with Crippen LogP contribution in [-0.4, -0.2) is 33.9 Å². The fourth-order valence-electron chi connectivity index (χ4n) is 3.67. The van der Waals surface area contributed by atoms with Gasteiger partial charge in [0.25, 0.3) is 5.91 Å². The van der Waals surface area contributed by atoms with E-state index in [0.29, 0.717) is 23.5 Å². The van der Waals surface area contributed by atoms with Crippen LogP contribution >= 0.6 is 11.3 Å². The zero-order chi connectivity index (χ0) is 23.2. The van der Waals surface area contributed by atoms with Crippen molar-refractivity contribution < 1.29 is 9.53 Å². The van der Waals surface area contributed by atoms with E-state index in [-0.39, 0.29) is 10.8 Å². The van der Waals surface area contributed by atoms with Gasteiger partial charge in [-0.15, -0.1) is 0 Å². The van der Waals surface area contributed by atoms with E-state index < -0.39 is 0 Å². The van der Waals surface area contributed by atoms with Crippen molar-refractivity contribution in [3.05, 3.63) is 87.1 Å². The van der Waals surface area contributed by atoms with Gasteiger partial charge in [-0.2, -0.15) is 5.10 Å². The number of carbonyl (C=O) groups excluding carboxylic acids is 1. The van der Waals surface area contributed by atoms with E-state index in [2.05, 4.69) is 10.4 Å². The summed E-state index contributed by atoms with van der Waals surface area (Å²) in [6.07, 6.45) is 5.49. The number of methoxy groups -OCH3 is 1. The molecule has 2 aromatic carbocycles. The number of hydrogen-bond acceptors (Lipinski definition) is 5. The molecule has 0 aliphatic heterocycles. The first kappa shape index (κ1) is 22.5. The standard InChI is InChI=1S/C25H26N4O3S/c1-18-9-10-23(32-2)21(15-18)29-22(17-33-25(29)31)19-7-5-8-20(16-19)24(30)26-11-3-4-13-28-14-6-12-27-28/h5-10,12,14-17H,3-4,11,13H2,1-2H3,(H,26,30). The molecule has 0 fully saturated rings. The maximum Gasteiger partial charge on any atom is 0.312 e. The number of thiazole rings is 1. The van der Waals surface area contributed by atoms with Gasteiger partial charge in [0.2, 0.25) is 0 Å². The Morgan fingerprint density at radius 1 is 1.15 bits per heavy atom. The highest BCUT2D eigenvalue weighted by Crippen LogP contribution is 2.30. The molecule has 4 rings (SSSR count). The van der Waals surface area contributed by atoms with E-state index in [0.717, 1.165) is 47.5 Å². The molecule has 0 atom stereocenters. The lowest BCUT2D eigenvalue weighted by Gasteiger charge is -2.13. The van der Waals surface area contributed by atoms with Gasteiger partial charge >= 0.3 is 4.87 Å². The summed E-state index contributed by atoms with van der Waals surface area (Å²) in [5.41, 5.74) is 3.79. The topological polar surface area (TPSA) is 78.2 Å². The Balaban J connectivity index is 1.50. The smallest absolute Gasteiger partial charge is 0.312 e. The van der Waals surface area contributed by atoms with Gasteiger partial charge in [-0.25, -0.2) is 0 Å². The van der Waals surface area contributed by atoms with E-state index in [9.17, 15) is 9.59 Å². The Hall–Kier alpha value is -3.65. The third kappa shape index (κ3) is 5.23. The first-order chi connectivity index (χ1) is 16.1. The van der Waals surface area contributed by atoms with Crippen molar-refractivity contribution in [2.45, 2.75) is 26.3 Å². The molecule has 0 aliphatic carbocycles. The molecule has 0 aliphatic rings. The van der Waals surface area contributed by atoms with Gasteiger partial charge in [0.05, 0.1) is 18.5 Å². The van der Waals surface area contributed by atoms with Crippen molar-refractivity contribution in [3.8, 4) is 22.7 Å². The maximum atomic E-state index is 12.7. The average Bonchev–Trinajstić information content (AvgIpc) is 3.48. The van der Waals surface area contributed by atoms with Crippen molar-refractivity contribution in [2.75, 3.05) is 13.7 Å². The number of rotatable bonds is 9. The molecule has 1 N–H and O–H groups in total. The van der Waals surface area contributed by atoms with Gasteiger partial charge in [0.1, 0.15) is 5.75 Å². The van der Waals surface area contributed by atoms with Crippen LogP contribution in [0.3, 0.4) is 0 Å². The molecule has 170 valence electrons. The number of amides is 1. The van der Waals surface area contributed by atoms with E-state index in [4.69, 9.17) is 4.74 Å². The summed E-state index contributed by atoms with van der Waals surface area (Å²) in [6.45, 7) is 3.39. The van der Waals surface area contributed by atoms with Crippen LogP contribution in [0.1, 0.15) is 28.8 Å². The molecule has 2 heterocycles. The lowest BCUT2D eigenvalue weighted by atomic mass is 10.1. The molecule has 4 aromatic rings. The molecule has 7 nitrogen and oxygen atoms in total. The molecule has 0 spiro atoms. The molecule has 0 radical (unpaired) electrons. The maximum absolute atomic E-state index is 12.7. The van der Waals surface area contributed by atoms with Crippen LogP contribution in [0.25, 0.3) is 16.9 Å². The summed E-state index contributed by atoms with van der Waals surface area (Å²) in [4.78, 5) is 25.3. The zero-order valence-electron chi connectivity index (χ0n) is 18.7. The summed E-state index contributed by atoms with van der Waals surface area (Å²) < 4.78 is 9.02. The highest BCUT2D eigenvalue weighted by molar-refractivity contribution is 7.07. The Labute approximate surface area is 196 Å². The van der Waals surface area contributed by atoms with E-state index in [1.807, 2.05) is 65.6 Å². The summed E-state index contributed by atoms with van der Waals surface area (Å²) >= 11 is 1.12. The SMILES string of the molecule is COc1ccc(C)cc1-n1c(-c2cccc(C(=O)NCCCCn3cccn3)c2)csc1=O. The molecular weight excluding hydrogens is 436 g/mol. The Morgan fingerprint density at radius 3 is 2.82 bits per heavy atom. The summed E-state index contributed by atoms with van der Waals surface area (Å²) in [5, 5.41) is 8.98. The van der Waals surface area contributed by atoms with Crippen LogP contribution < -0.4 is 14.9 Å². The minimum absolute atomic E-state index is 0.110. The van der Waals surface area contributed by atoms with Gasteiger partial charge in [-0.05, 0) is 55.7 Å². The number of hydrogen-bond donors (Lipinski definition) is 1. The zero-order valence-corrected chi connectivity index (χ0v) is 19.5. The predicted octanol–water partition coefficient (Wildman–Crippen LogP) is 4.29. The van der Waals surface area contributed by atoms with Crippen LogP contribution in [0.4, 0.5) is 0 Å². The number of aryl methyl sites for hydroxylation is 2. The van der Waals surface area contributed by atoms with E-state index in [1.165, 1.54) is 0 Å². The fraction of sp³-hybridized carbons (Fsp3) is 0.240. The number of ether oxygens (including phenoxy) is 1. The average molecular weight is 463 g/mol. The fourth-order valence-corrected chi connectivity index (χ4v) is 4.42. The summed E-state index contributed by atoms with van der Waals surface area (Å²) in [7, 11) is 1.59. The van der Waals surface area contributed by atoms with Gasteiger partial charge in [-0.1, -0.05) is 29.5 Å². The predicted molar refractivity (Wildman–Crippen MR) is 130 cm³/mol. The second-order valence-electron chi connectivity index (χ2n) is 7.71. The van der Waals surface area contributed by atoms with Crippen LogP contribution in [0.5, 0.6) is 5.75 Å². The van der Waals surface area contributed by atoms with Crippen molar-refractivity contribution in [1.29, 1.82) is 0 Å². The second kappa shape index (κ2) is 10.3. The third-order valence-electron chi connectivity index (χ3n) is 5.35. The Morgan fingerprint density at radius 2 is 2.03 bits per heavy atom. The van der Waals surface area contributed by atoms with Gasteiger partial charge in [-0.3, -0.25) is 18.8 Å².